The number of methoxy groups -OCH3 is 1. The molecule has 0 unspecified atom stereocenters. The number of hydrogen-bond donors (Lipinski definition) is 2. The SMILES string of the molecule is CCOc1cc(C(=O)NC(=S)Nc2ccc(OC)cc2)cc(OCC)c1OCC. The van der Waals surface area contributed by atoms with Gasteiger partial charge in [0.1, 0.15) is 5.75 Å². The van der Waals surface area contributed by atoms with Gasteiger partial charge in [-0.15, -0.1) is 0 Å². The third-order valence-corrected chi connectivity index (χ3v) is 3.95. The molecule has 2 aromatic carbocycles. The van der Waals surface area contributed by atoms with Crippen LogP contribution in [0.15, 0.2) is 36.4 Å². The Hall–Kier alpha value is -3.00. The lowest BCUT2D eigenvalue weighted by Gasteiger charge is -2.17. The van der Waals surface area contributed by atoms with Crippen LogP contribution >= 0.6 is 12.2 Å². The molecular weight excluding hydrogens is 392 g/mol. The lowest BCUT2D eigenvalue weighted by Crippen LogP contribution is -2.34. The van der Waals surface area contributed by atoms with Crippen LogP contribution in [0.1, 0.15) is 31.1 Å². The Morgan fingerprint density at radius 1 is 0.931 bits per heavy atom. The van der Waals surface area contributed by atoms with Gasteiger partial charge in [-0.05, 0) is 69.4 Å². The summed E-state index contributed by atoms with van der Waals surface area (Å²) in [6.07, 6.45) is 0. The molecule has 0 aromatic heterocycles. The number of carbonyl (C=O) groups excluding carboxylic acids is 1. The number of nitrogens with one attached hydrogen (secondary N) is 2. The van der Waals surface area contributed by atoms with E-state index >= 15 is 0 Å². The van der Waals surface area contributed by atoms with E-state index in [4.69, 9.17) is 31.2 Å². The van der Waals surface area contributed by atoms with Crippen molar-refractivity contribution >= 4 is 28.9 Å². The van der Waals surface area contributed by atoms with Crippen molar-refractivity contribution in [2.45, 2.75) is 20.8 Å². The minimum absolute atomic E-state index is 0.171. The molecule has 2 rings (SSSR count). The van der Waals surface area contributed by atoms with E-state index in [-0.39, 0.29) is 11.0 Å². The van der Waals surface area contributed by atoms with Gasteiger partial charge in [0.2, 0.25) is 5.75 Å². The van der Waals surface area contributed by atoms with E-state index < -0.39 is 0 Å². The summed E-state index contributed by atoms with van der Waals surface area (Å²) in [7, 11) is 1.59. The molecule has 8 heteroatoms. The molecule has 0 radical (unpaired) electrons. The second-order valence-electron chi connectivity index (χ2n) is 5.74. The van der Waals surface area contributed by atoms with Crippen LogP contribution in [0.3, 0.4) is 0 Å². The van der Waals surface area contributed by atoms with Gasteiger partial charge in [-0.3, -0.25) is 10.1 Å². The minimum Gasteiger partial charge on any atom is -0.497 e. The second kappa shape index (κ2) is 11.1. The van der Waals surface area contributed by atoms with Gasteiger partial charge in [0.25, 0.3) is 5.91 Å². The van der Waals surface area contributed by atoms with Crippen LogP contribution in [0, 0.1) is 0 Å². The summed E-state index contributed by atoms with van der Waals surface area (Å²) in [4.78, 5) is 12.7. The first kappa shape index (κ1) is 22.3. The van der Waals surface area contributed by atoms with Gasteiger partial charge in [-0.2, -0.15) is 0 Å². The summed E-state index contributed by atoms with van der Waals surface area (Å²) in [5.41, 5.74) is 1.08. The summed E-state index contributed by atoms with van der Waals surface area (Å²) in [6, 6.07) is 10.4. The maximum absolute atomic E-state index is 12.7. The molecule has 0 spiro atoms. The monoisotopic (exact) mass is 418 g/mol. The Labute approximate surface area is 176 Å². The normalized spacial score (nSPS) is 10.1. The largest absolute Gasteiger partial charge is 0.497 e. The molecule has 0 saturated carbocycles. The van der Waals surface area contributed by atoms with E-state index in [0.29, 0.717) is 42.6 Å². The van der Waals surface area contributed by atoms with Crippen molar-refractivity contribution in [2.24, 2.45) is 0 Å². The third-order valence-electron chi connectivity index (χ3n) is 3.75. The smallest absolute Gasteiger partial charge is 0.257 e. The molecule has 2 N–H and O–H groups in total. The Kier molecular flexibility index (Phi) is 8.54. The molecule has 29 heavy (non-hydrogen) atoms. The number of thiocarbonyl (C=S) groups is 1. The fourth-order valence-electron chi connectivity index (χ4n) is 2.53. The number of amides is 1. The van der Waals surface area contributed by atoms with Crippen LogP contribution in [0.5, 0.6) is 23.0 Å². The molecular formula is C21H26N2O5S. The van der Waals surface area contributed by atoms with E-state index in [0.717, 1.165) is 11.4 Å². The lowest BCUT2D eigenvalue weighted by atomic mass is 10.1. The second-order valence-corrected chi connectivity index (χ2v) is 6.15. The average molecular weight is 419 g/mol. The van der Waals surface area contributed by atoms with E-state index in [1.54, 1.807) is 43.5 Å². The number of ether oxygens (including phenoxy) is 4. The standard InChI is InChI=1S/C21H26N2O5S/c1-5-26-17-12-14(13-18(27-6-2)19(17)28-7-3)20(24)23-21(29)22-15-8-10-16(25-4)11-9-15/h8-13H,5-7H2,1-4H3,(H2,22,23,24,29). The van der Waals surface area contributed by atoms with Gasteiger partial charge in [0.05, 0.1) is 26.9 Å². The predicted molar refractivity (Wildman–Crippen MR) is 117 cm³/mol. The molecule has 0 saturated heterocycles. The maximum Gasteiger partial charge on any atom is 0.257 e. The van der Waals surface area contributed by atoms with Crippen LogP contribution in [0.4, 0.5) is 5.69 Å². The van der Waals surface area contributed by atoms with Gasteiger partial charge in [-0.25, -0.2) is 0 Å². The van der Waals surface area contributed by atoms with Crippen LogP contribution in [0.2, 0.25) is 0 Å². The first-order valence-electron chi connectivity index (χ1n) is 9.35. The number of rotatable bonds is 9. The fraction of sp³-hybridized carbons (Fsp3) is 0.333. The first-order valence-corrected chi connectivity index (χ1v) is 9.75. The highest BCUT2D eigenvalue weighted by molar-refractivity contribution is 7.80. The Bertz CT molecular complexity index is 812. The van der Waals surface area contributed by atoms with Crippen molar-refractivity contribution in [2.75, 3.05) is 32.2 Å². The summed E-state index contributed by atoms with van der Waals surface area (Å²) in [5, 5.41) is 5.79. The highest BCUT2D eigenvalue weighted by atomic mass is 32.1. The lowest BCUT2D eigenvalue weighted by molar-refractivity contribution is 0.0976. The number of anilines is 1. The summed E-state index contributed by atoms with van der Waals surface area (Å²) < 4.78 is 22.1. The van der Waals surface area contributed by atoms with Crippen molar-refractivity contribution in [1.82, 2.24) is 5.32 Å². The van der Waals surface area contributed by atoms with Crippen molar-refractivity contribution in [3.63, 3.8) is 0 Å². The molecule has 0 atom stereocenters. The summed E-state index contributed by atoms with van der Waals surface area (Å²) in [6.45, 7) is 6.88. The highest BCUT2D eigenvalue weighted by Gasteiger charge is 2.19. The van der Waals surface area contributed by atoms with Gasteiger partial charge in [-0.1, -0.05) is 0 Å². The number of carbonyl (C=O) groups is 1. The van der Waals surface area contributed by atoms with E-state index in [1.165, 1.54) is 0 Å². The van der Waals surface area contributed by atoms with Crippen LogP contribution in [0.25, 0.3) is 0 Å². The van der Waals surface area contributed by atoms with Gasteiger partial charge in [0.15, 0.2) is 16.6 Å². The molecule has 0 aliphatic carbocycles. The minimum atomic E-state index is -0.388. The van der Waals surface area contributed by atoms with E-state index in [2.05, 4.69) is 10.6 Å². The summed E-state index contributed by atoms with van der Waals surface area (Å²) in [5.74, 6) is 1.71. The quantitative estimate of drug-likeness (QED) is 0.596. The van der Waals surface area contributed by atoms with Crippen molar-refractivity contribution in [1.29, 1.82) is 0 Å². The van der Waals surface area contributed by atoms with Crippen molar-refractivity contribution < 1.29 is 23.7 Å². The Balaban J connectivity index is 2.18. The zero-order valence-corrected chi connectivity index (χ0v) is 17.9. The molecule has 156 valence electrons. The van der Waals surface area contributed by atoms with E-state index in [9.17, 15) is 4.79 Å². The molecule has 0 heterocycles. The highest BCUT2D eigenvalue weighted by Crippen LogP contribution is 2.39. The molecule has 2 aromatic rings. The molecule has 0 aliphatic rings. The van der Waals surface area contributed by atoms with Crippen LogP contribution < -0.4 is 29.6 Å². The molecule has 0 bridgehead atoms. The zero-order chi connectivity index (χ0) is 21.2. The first-order chi connectivity index (χ1) is 14.0. The fourth-order valence-corrected chi connectivity index (χ4v) is 2.74. The molecule has 0 fully saturated rings. The van der Waals surface area contributed by atoms with Gasteiger partial charge >= 0.3 is 0 Å². The molecule has 7 nitrogen and oxygen atoms in total. The van der Waals surface area contributed by atoms with E-state index in [1.807, 2.05) is 20.8 Å². The Morgan fingerprint density at radius 2 is 1.48 bits per heavy atom. The topological polar surface area (TPSA) is 78.1 Å². The Morgan fingerprint density at radius 3 is 1.97 bits per heavy atom. The number of hydrogen-bond acceptors (Lipinski definition) is 6. The third kappa shape index (κ3) is 6.25. The van der Waals surface area contributed by atoms with Crippen molar-refractivity contribution in [3.8, 4) is 23.0 Å². The number of benzene rings is 2. The average Bonchev–Trinajstić information content (AvgIpc) is 2.71. The molecule has 0 aliphatic heterocycles. The van der Waals surface area contributed by atoms with Crippen LogP contribution in [-0.2, 0) is 0 Å². The molecule has 1 amide bonds. The zero-order valence-electron chi connectivity index (χ0n) is 17.0. The maximum atomic E-state index is 12.7. The van der Waals surface area contributed by atoms with Crippen molar-refractivity contribution in [3.05, 3.63) is 42.0 Å². The van der Waals surface area contributed by atoms with Gasteiger partial charge in [0, 0.05) is 11.3 Å². The summed E-state index contributed by atoms with van der Waals surface area (Å²) >= 11 is 5.25. The van der Waals surface area contributed by atoms with Gasteiger partial charge < -0.3 is 24.3 Å². The predicted octanol–water partition coefficient (Wildman–Crippen LogP) is 4.02. The van der Waals surface area contributed by atoms with Crippen LogP contribution in [-0.4, -0.2) is 38.0 Å².